The quantitative estimate of drug-likeness (QED) is 0.738. The van der Waals surface area contributed by atoms with E-state index < -0.39 is 6.10 Å². The summed E-state index contributed by atoms with van der Waals surface area (Å²) in [6.07, 6.45) is -0.573. The minimum atomic E-state index is -0.573. The standard InChI is InChI=1S/C21H28N2O2/c1-3-23(4-2)16-19(24)15-22-21(25)20(17-11-7-5-8-12-17)18-13-9-6-10-14-18/h5-14,19-20,24H,3-4,15-16H2,1-2H3,(H,22,25). The minimum Gasteiger partial charge on any atom is -0.390 e. The molecule has 0 bridgehead atoms. The molecular weight excluding hydrogens is 312 g/mol. The van der Waals surface area contributed by atoms with Crippen molar-refractivity contribution in [3.63, 3.8) is 0 Å². The summed E-state index contributed by atoms with van der Waals surface area (Å²) >= 11 is 0. The third-order valence-electron chi connectivity index (χ3n) is 4.40. The number of nitrogens with zero attached hydrogens (tertiary/aromatic N) is 1. The van der Waals surface area contributed by atoms with Gasteiger partial charge >= 0.3 is 0 Å². The number of nitrogens with one attached hydrogen (secondary N) is 1. The topological polar surface area (TPSA) is 52.6 Å². The molecule has 1 unspecified atom stereocenters. The van der Waals surface area contributed by atoms with Crippen LogP contribution in [0.25, 0.3) is 0 Å². The zero-order valence-electron chi connectivity index (χ0n) is 15.1. The van der Waals surface area contributed by atoms with E-state index in [-0.39, 0.29) is 18.4 Å². The third kappa shape index (κ3) is 5.69. The molecule has 0 aromatic heterocycles. The minimum absolute atomic E-state index is 0.0870. The van der Waals surface area contributed by atoms with Gasteiger partial charge in [-0.2, -0.15) is 0 Å². The second-order valence-electron chi connectivity index (χ2n) is 6.14. The maximum atomic E-state index is 12.8. The Balaban J connectivity index is 2.07. The molecule has 0 heterocycles. The van der Waals surface area contributed by atoms with E-state index in [0.717, 1.165) is 24.2 Å². The predicted octanol–water partition coefficient (Wildman–Crippen LogP) is 2.64. The molecule has 0 saturated carbocycles. The van der Waals surface area contributed by atoms with Gasteiger partial charge in [-0.05, 0) is 24.2 Å². The first-order chi connectivity index (χ1) is 12.2. The lowest BCUT2D eigenvalue weighted by atomic mass is 9.90. The number of aliphatic hydroxyl groups excluding tert-OH is 1. The first kappa shape index (κ1) is 19.2. The van der Waals surface area contributed by atoms with Crippen LogP contribution in [0.15, 0.2) is 60.7 Å². The monoisotopic (exact) mass is 340 g/mol. The Bertz CT molecular complexity index is 587. The van der Waals surface area contributed by atoms with Crippen molar-refractivity contribution >= 4 is 5.91 Å². The van der Waals surface area contributed by atoms with Crippen molar-refractivity contribution in [1.29, 1.82) is 0 Å². The van der Waals surface area contributed by atoms with Gasteiger partial charge in [-0.1, -0.05) is 74.5 Å². The largest absolute Gasteiger partial charge is 0.390 e. The number of amides is 1. The molecule has 2 rings (SSSR count). The van der Waals surface area contributed by atoms with Crippen LogP contribution in [-0.4, -0.2) is 48.2 Å². The second kappa shape index (κ2) is 9.97. The van der Waals surface area contributed by atoms with Gasteiger partial charge in [0, 0.05) is 13.1 Å². The van der Waals surface area contributed by atoms with Gasteiger partial charge in [-0.15, -0.1) is 0 Å². The fourth-order valence-electron chi connectivity index (χ4n) is 2.95. The Labute approximate surface area is 150 Å². The number of carbonyl (C=O) groups excluding carboxylic acids is 1. The molecular formula is C21H28N2O2. The average Bonchev–Trinajstić information content (AvgIpc) is 2.66. The average molecular weight is 340 g/mol. The maximum Gasteiger partial charge on any atom is 0.232 e. The van der Waals surface area contributed by atoms with Crippen molar-refractivity contribution in [3.05, 3.63) is 71.8 Å². The van der Waals surface area contributed by atoms with E-state index in [1.54, 1.807) is 0 Å². The Kier molecular flexibility index (Phi) is 7.64. The van der Waals surface area contributed by atoms with Crippen molar-refractivity contribution < 1.29 is 9.90 Å². The van der Waals surface area contributed by atoms with Gasteiger partial charge in [0.1, 0.15) is 0 Å². The van der Waals surface area contributed by atoms with Crippen LogP contribution in [0.4, 0.5) is 0 Å². The normalized spacial score (nSPS) is 12.4. The molecule has 2 aromatic carbocycles. The van der Waals surface area contributed by atoms with Gasteiger partial charge in [0.25, 0.3) is 0 Å². The van der Waals surface area contributed by atoms with Gasteiger partial charge in [0.2, 0.25) is 5.91 Å². The highest BCUT2D eigenvalue weighted by Crippen LogP contribution is 2.24. The third-order valence-corrected chi connectivity index (χ3v) is 4.40. The van der Waals surface area contributed by atoms with Gasteiger partial charge in [0.05, 0.1) is 12.0 Å². The fourth-order valence-corrected chi connectivity index (χ4v) is 2.95. The zero-order chi connectivity index (χ0) is 18.1. The SMILES string of the molecule is CCN(CC)CC(O)CNC(=O)C(c1ccccc1)c1ccccc1. The van der Waals surface area contributed by atoms with Crippen LogP contribution in [-0.2, 0) is 4.79 Å². The van der Waals surface area contributed by atoms with Crippen molar-refractivity contribution in [3.8, 4) is 0 Å². The van der Waals surface area contributed by atoms with Crippen molar-refractivity contribution in [1.82, 2.24) is 10.2 Å². The summed E-state index contributed by atoms with van der Waals surface area (Å²) in [6.45, 7) is 6.72. The smallest absolute Gasteiger partial charge is 0.232 e. The Hall–Kier alpha value is -2.17. The molecule has 4 heteroatoms. The Morgan fingerprint density at radius 3 is 1.88 bits per heavy atom. The predicted molar refractivity (Wildman–Crippen MR) is 102 cm³/mol. The van der Waals surface area contributed by atoms with E-state index in [2.05, 4.69) is 24.1 Å². The fraction of sp³-hybridized carbons (Fsp3) is 0.381. The molecule has 2 N–H and O–H groups in total. The van der Waals surface area contributed by atoms with E-state index in [9.17, 15) is 9.90 Å². The van der Waals surface area contributed by atoms with Gasteiger partial charge in [-0.25, -0.2) is 0 Å². The highest BCUT2D eigenvalue weighted by molar-refractivity contribution is 5.87. The molecule has 25 heavy (non-hydrogen) atoms. The lowest BCUT2D eigenvalue weighted by molar-refractivity contribution is -0.122. The molecule has 2 aromatic rings. The van der Waals surface area contributed by atoms with E-state index in [0.29, 0.717) is 6.54 Å². The molecule has 0 spiro atoms. The summed E-state index contributed by atoms with van der Waals surface area (Å²) < 4.78 is 0. The van der Waals surface area contributed by atoms with Crippen LogP contribution in [0.3, 0.4) is 0 Å². The first-order valence-electron chi connectivity index (χ1n) is 8.93. The molecule has 1 atom stereocenters. The Morgan fingerprint density at radius 2 is 1.44 bits per heavy atom. The van der Waals surface area contributed by atoms with Gasteiger partial charge in [-0.3, -0.25) is 4.79 Å². The lowest BCUT2D eigenvalue weighted by Crippen LogP contribution is -2.41. The number of hydrogen-bond acceptors (Lipinski definition) is 3. The number of likely N-dealkylation sites (N-methyl/N-ethyl adjacent to an activating group) is 1. The molecule has 0 aliphatic heterocycles. The second-order valence-corrected chi connectivity index (χ2v) is 6.14. The summed E-state index contributed by atoms with van der Waals surface area (Å²) in [5, 5.41) is 13.1. The van der Waals surface area contributed by atoms with Crippen molar-refractivity contribution in [2.45, 2.75) is 25.9 Å². The number of rotatable bonds is 9. The van der Waals surface area contributed by atoms with E-state index in [1.807, 2.05) is 60.7 Å². The molecule has 1 amide bonds. The molecule has 0 fully saturated rings. The van der Waals surface area contributed by atoms with E-state index >= 15 is 0 Å². The molecule has 4 nitrogen and oxygen atoms in total. The zero-order valence-corrected chi connectivity index (χ0v) is 15.1. The van der Waals surface area contributed by atoms with Crippen molar-refractivity contribution in [2.75, 3.05) is 26.2 Å². The van der Waals surface area contributed by atoms with Gasteiger partial charge in [0.15, 0.2) is 0 Å². The molecule has 0 aliphatic carbocycles. The van der Waals surface area contributed by atoms with E-state index in [4.69, 9.17) is 0 Å². The molecule has 0 aliphatic rings. The van der Waals surface area contributed by atoms with Crippen LogP contribution < -0.4 is 5.32 Å². The lowest BCUT2D eigenvalue weighted by Gasteiger charge is -2.23. The van der Waals surface area contributed by atoms with Crippen LogP contribution >= 0.6 is 0 Å². The highest BCUT2D eigenvalue weighted by atomic mass is 16.3. The van der Waals surface area contributed by atoms with Gasteiger partial charge < -0.3 is 15.3 Å². The van der Waals surface area contributed by atoms with Crippen LogP contribution in [0.2, 0.25) is 0 Å². The number of hydrogen-bond donors (Lipinski definition) is 2. The van der Waals surface area contributed by atoms with Crippen LogP contribution in [0, 0.1) is 0 Å². The summed E-state index contributed by atoms with van der Waals surface area (Å²) in [6, 6.07) is 19.5. The van der Waals surface area contributed by atoms with Crippen molar-refractivity contribution in [2.24, 2.45) is 0 Å². The van der Waals surface area contributed by atoms with Crippen LogP contribution in [0.5, 0.6) is 0 Å². The first-order valence-corrected chi connectivity index (χ1v) is 8.93. The highest BCUT2D eigenvalue weighted by Gasteiger charge is 2.23. The molecule has 0 saturated heterocycles. The van der Waals surface area contributed by atoms with E-state index in [1.165, 1.54) is 0 Å². The number of benzene rings is 2. The Morgan fingerprint density at radius 1 is 0.960 bits per heavy atom. The summed E-state index contributed by atoms with van der Waals surface area (Å²) in [5.74, 6) is -0.459. The maximum absolute atomic E-state index is 12.8. The number of carbonyl (C=O) groups is 1. The summed E-state index contributed by atoms with van der Waals surface area (Å²) in [7, 11) is 0. The molecule has 134 valence electrons. The number of aliphatic hydroxyl groups is 1. The molecule has 0 radical (unpaired) electrons. The summed E-state index contributed by atoms with van der Waals surface area (Å²) in [5.41, 5.74) is 1.90. The summed E-state index contributed by atoms with van der Waals surface area (Å²) in [4.78, 5) is 15.0. The van der Waals surface area contributed by atoms with Crippen LogP contribution in [0.1, 0.15) is 30.9 Å².